The van der Waals surface area contributed by atoms with Crippen molar-refractivity contribution in [3.05, 3.63) is 95.3 Å². The maximum absolute atomic E-state index is 13.8. The van der Waals surface area contributed by atoms with Crippen LogP contribution in [0.15, 0.2) is 72.9 Å². The Bertz CT molecular complexity index is 1470. The largest absolute Gasteiger partial charge is 0.416 e. The molecule has 7 heteroatoms. The van der Waals surface area contributed by atoms with Gasteiger partial charge in [0.25, 0.3) is 0 Å². The number of benzene rings is 2. The quantitative estimate of drug-likeness (QED) is 0.222. The summed E-state index contributed by atoms with van der Waals surface area (Å²) in [6.07, 6.45) is 2.98. The minimum atomic E-state index is -4.41. The Morgan fingerprint density at radius 2 is 1.89 bits per heavy atom. The molecule has 37 heavy (non-hydrogen) atoms. The minimum Gasteiger partial charge on any atom is -0.289 e. The number of aromatic amines is 1. The van der Waals surface area contributed by atoms with Gasteiger partial charge in [0.05, 0.1) is 11.1 Å². The van der Waals surface area contributed by atoms with Crippen LogP contribution in [0.4, 0.5) is 13.2 Å². The first-order chi connectivity index (χ1) is 17.7. The maximum Gasteiger partial charge on any atom is 0.416 e. The van der Waals surface area contributed by atoms with Crippen LogP contribution in [0.25, 0.3) is 22.2 Å². The zero-order valence-corrected chi connectivity index (χ0v) is 20.7. The number of fused-ring (bicyclic) bond motifs is 1. The lowest BCUT2D eigenvalue weighted by atomic mass is 9.70. The molecule has 5 rings (SSSR count). The first-order valence-electron chi connectivity index (χ1n) is 12.5. The molecular formula is C30H28F3N3O. The number of carbonyl (C=O) groups excluding carboxylic acids is 1. The Morgan fingerprint density at radius 1 is 1.08 bits per heavy atom. The Morgan fingerprint density at radius 3 is 2.68 bits per heavy atom. The Balaban J connectivity index is 1.43. The highest BCUT2D eigenvalue weighted by Crippen LogP contribution is 2.45. The second-order valence-corrected chi connectivity index (χ2v) is 10.0. The van der Waals surface area contributed by atoms with Crippen molar-refractivity contribution in [1.29, 1.82) is 0 Å². The summed E-state index contributed by atoms with van der Waals surface area (Å²) in [7, 11) is 0. The number of aromatic nitrogens is 3. The molecule has 2 aromatic carbocycles. The van der Waals surface area contributed by atoms with Gasteiger partial charge in [0.15, 0.2) is 5.78 Å². The second-order valence-electron chi connectivity index (χ2n) is 10.0. The van der Waals surface area contributed by atoms with E-state index in [4.69, 9.17) is 0 Å². The zero-order chi connectivity index (χ0) is 26.2. The van der Waals surface area contributed by atoms with Crippen LogP contribution in [-0.4, -0.2) is 21.0 Å². The van der Waals surface area contributed by atoms with Crippen LogP contribution >= 0.6 is 0 Å². The molecule has 1 aliphatic carbocycles. The van der Waals surface area contributed by atoms with Crippen LogP contribution in [0, 0.1) is 18.8 Å². The van der Waals surface area contributed by atoms with E-state index in [0.29, 0.717) is 23.5 Å². The fourth-order valence-electron chi connectivity index (χ4n) is 5.46. The van der Waals surface area contributed by atoms with Gasteiger partial charge in [-0.3, -0.25) is 14.9 Å². The van der Waals surface area contributed by atoms with Crippen molar-refractivity contribution in [2.45, 2.75) is 45.2 Å². The first kappa shape index (κ1) is 24.9. The molecule has 0 aliphatic heterocycles. The highest BCUT2D eigenvalue weighted by molar-refractivity contribution is 6.07. The number of aryl methyl sites for hydroxylation is 1. The molecule has 4 nitrogen and oxygen atoms in total. The SMILES string of the molecule is Cc1cc(-c2n[nH]c3ccc(C(=O)/C=C/C4CCC(C)C[C@H]4c4ccccc4C(F)(F)F)cc23)ccn1. The molecule has 0 bridgehead atoms. The van der Waals surface area contributed by atoms with Crippen LogP contribution in [0.1, 0.15) is 59.3 Å². The van der Waals surface area contributed by atoms with Gasteiger partial charge in [-0.25, -0.2) is 0 Å². The third kappa shape index (κ3) is 5.22. The van der Waals surface area contributed by atoms with Crippen molar-refractivity contribution < 1.29 is 18.0 Å². The molecule has 0 amide bonds. The van der Waals surface area contributed by atoms with E-state index in [2.05, 4.69) is 22.1 Å². The van der Waals surface area contributed by atoms with E-state index in [0.717, 1.165) is 46.8 Å². The number of alkyl halides is 3. The molecule has 0 saturated heterocycles. The lowest BCUT2D eigenvalue weighted by Crippen LogP contribution is -2.23. The van der Waals surface area contributed by atoms with E-state index in [1.807, 2.05) is 37.3 Å². The molecule has 0 spiro atoms. The third-order valence-electron chi connectivity index (χ3n) is 7.34. The van der Waals surface area contributed by atoms with Crippen molar-refractivity contribution in [3.63, 3.8) is 0 Å². The molecule has 190 valence electrons. The van der Waals surface area contributed by atoms with Crippen molar-refractivity contribution in [1.82, 2.24) is 15.2 Å². The number of nitrogens with one attached hydrogen (secondary N) is 1. The number of ketones is 1. The monoisotopic (exact) mass is 503 g/mol. The van der Waals surface area contributed by atoms with Crippen LogP contribution in [0.3, 0.4) is 0 Å². The molecule has 1 N–H and O–H groups in total. The number of hydrogen-bond donors (Lipinski definition) is 1. The minimum absolute atomic E-state index is 0.142. The van der Waals surface area contributed by atoms with Gasteiger partial charge in [-0.2, -0.15) is 18.3 Å². The average molecular weight is 504 g/mol. The van der Waals surface area contributed by atoms with E-state index in [-0.39, 0.29) is 17.6 Å². The Kier molecular flexibility index (Phi) is 6.71. The van der Waals surface area contributed by atoms with Gasteiger partial charge in [-0.15, -0.1) is 0 Å². The number of halogens is 3. The third-order valence-corrected chi connectivity index (χ3v) is 7.34. The van der Waals surface area contributed by atoms with Gasteiger partial charge in [-0.05, 0) is 85.6 Å². The number of rotatable bonds is 5. The second kappa shape index (κ2) is 9.96. The van der Waals surface area contributed by atoms with Gasteiger partial charge < -0.3 is 0 Å². The molecule has 0 radical (unpaired) electrons. The van der Waals surface area contributed by atoms with Crippen LogP contribution in [0.2, 0.25) is 0 Å². The number of H-pyrrole nitrogens is 1. The summed E-state index contributed by atoms with van der Waals surface area (Å²) < 4.78 is 41.3. The highest BCUT2D eigenvalue weighted by atomic mass is 19.4. The lowest BCUT2D eigenvalue weighted by molar-refractivity contribution is -0.138. The number of pyridine rings is 1. The molecular weight excluding hydrogens is 475 g/mol. The van der Waals surface area contributed by atoms with Crippen LogP contribution in [0.5, 0.6) is 0 Å². The molecule has 3 atom stereocenters. The van der Waals surface area contributed by atoms with Crippen molar-refractivity contribution in [3.8, 4) is 11.3 Å². The van der Waals surface area contributed by atoms with E-state index in [9.17, 15) is 18.0 Å². The van der Waals surface area contributed by atoms with E-state index in [1.165, 1.54) is 12.1 Å². The smallest absolute Gasteiger partial charge is 0.289 e. The summed E-state index contributed by atoms with van der Waals surface area (Å²) >= 11 is 0. The predicted molar refractivity (Wildman–Crippen MR) is 138 cm³/mol. The fourth-order valence-corrected chi connectivity index (χ4v) is 5.46. The summed E-state index contributed by atoms with van der Waals surface area (Å²) in [6, 6.07) is 15.0. The van der Waals surface area contributed by atoms with Gasteiger partial charge in [0.1, 0.15) is 5.69 Å². The van der Waals surface area contributed by atoms with Crippen LogP contribution < -0.4 is 0 Å². The fraction of sp³-hybridized carbons (Fsp3) is 0.300. The lowest BCUT2D eigenvalue weighted by Gasteiger charge is -2.35. The summed E-state index contributed by atoms with van der Waals surface area (Å²) in [5.41, 5.74) is 3.57. The average Bonchev–Trinajstić information content (AvgIpc) is 3.30. The molecule has 4 aromatic rings. The highest BCUT2D eigenvalue weighted by Gasteiger charge is 2.38. The number of hydrogen-bond acceptors (Lipinski definition) is 3. The van der Waals surface area contributed by atoms with E-state index < -0.39 is 11.7 Å². The number of allylic oxidation sites excluding steroid dienone is 2. The van der Waals surface area contributed by atoms with E-state index in [1.54, 1.807) is 24.4 Å². The molecule has 2 unspecified atom stereocenters. The van der Waals surface area contributed by atoms with Crippen molar-refractivity contribution >= 4 is 16.7 Å². The van der Waals surface area contributed by atoms with Crippen molar-refractivity contribution in [2.75, 3.05) is 0 Å². The molecule has 1 aliphatic rings. The van der Waals surface area contributed by atoms with Gasteiger partial charge in [0, 0.05) is 28.4 Å². The summed E-state index contributed by atoms with van der Waals surface area (Å²) in [4.78, 5) is 17.4. The molecule has 1 fully saturated rings. The normalized spacial score (nSPS) is 20.5. The Hall–Kier alpha value is -3.74. The van der Waals surface area contributed by atoms with Crippen molar-refractivity contribution in [2.24, 2.45) is 11.8 Å². The van der Waals surface area contributed by atoms with Crippen LogP contribution in [-0.2, 0) is 6.18 Å². The molecule has 2 heterocycles. The van der Waals surface area contributed by atoms with Gasteiger partial charge in [-0.1, -0.05) is 37.6 Å². The Labute approximate surface area is 213 Å². The zero-order valence-electron chi connectivity index (χ0n) is 20.7. The number of carbonyl (C=O) groups is 1. The predicted octanol–water partition coefficient (Wildman–Crippen LogP) is 7.91. The standard InChI is InChI=1S/C30H28F3N3O/c1-18-7-8-20(24(15-18)23-5-3-4-6-26(23)30(31,32)33)10-12-28(37)21-9-11-27-25(17-21)29(36-35-27)22-13-14-34-19(2)16-22/h3-6,9-14,16-18,20,24H,7-8,15H2,1-2H3,(H,35,36)/b12-10+/t18?,20?,24-/m1/s1. The van der Waals surface area contributed by atoms with Gasteiger partial charge in [0.2, 0.25) is 0 Å². The summed E-state index contributed by atoms with van der Waals surface area (Å²) in [5.74, 6) is -0.285. The maximum atomic E-state index is 13.8. The topological polar surface area (TPSA) is 58.6 Å². The van der Waals surface area contributed by atoms with E-state index >= 15 is 0 Å². The number of nitrogens with zero attached hydrogens (tertiary/aromatic N) is 2. The first-order valence-corrected chi connectivity index (χ1v) is 12.5. The molecule has 1 saturated carbocycles. The van der Waals surface area contributed by atoms with Gasteiger partial charge >= 0.3 is 6.18 Å². The molecule has 2 aromatic heterocycles. The summed E-state index contributed by atoms with van der Waals surface area (Å²) in [5, 5.41) is 8.27. The summed E-state index contributed by atoms with van der Waals surface area (Å²) in [6.45, 7) is 3.99.